The van der Waals surface area contributed by atoms with E-state index in [0.29, 0.717) is 6.61 Å². The van der Waals surface area contributed by atoms with Gasteiger partial charge in [-0.05, 0) is 17.9 Å². The van der Waals surface area contributed by atoms with Gasteiger partial charge in [0.1, 0.15) is 12.4 Å². The van der Waals surface area contributed by atoms with Crippen molar-refractivity contribution >= 4 is 10.8 Å². The van der Waals surface area contributed by atoms with Gasteiger partial charge < -0.3 is 4.74 Å². The minimum Gasteiger partial charge on any atom is -0.489 e. The Morgan fingerprint density at radius 2 is 2.00 bits per heavy atom. The van der Waals surface area contributed by atoms with Crippen molar-refractivity contribution in [1.29, 1.82) is 0 Å². The lowest BCUT2D eigenvalue weighted by atomic mass is 10.1. The molecule has 1 heteroatoms. The summed E-state index contributed by atoms with van der Waals surface area (Å²) in [4.78, 5) is 0. The van der Waals surface area contributed by atoms with Crippen LogP contribution < -0.4 is 4.74 Å². The van der Waals surface area contributed by atoms with Crippen LogP contribution in [0.15, 0.2) is 49.1 Å². The van der Waals surface area contributed by atoms with E-state index in [1.54, 1.807) is 6.08 Å². The highest BCUT2D eigenvalue weighted by atomic mass is 16.5. The zero-order valence-corrected chi connectivity index (χ0v) is 8.86. The van der Waals surface area contributed by atoms with Gasteiger partial charge in [0.15, 0.2) is 0 Å². The highest BCUT2D eigenvalue weighted by Gasteiger charge is 2.04. The van der Waals surface area contributed by atoms with Gasteiger partial charge in [0.25, 0.3) is 0 Å². The van der Waals surface area contributed by atoms with E-state index in [1.165, 1.54) is 10.8 Å². The van der Waals surface area contributed by atoms with Crippen LogP contribution >= 0.6 is 0 Å². The SMILES string of the molecule is C=CCOc1c(C)ccc2ccccc12. The molecule has 0 N–H and O–H groups in total. The topological polar surface area (TPSA) is 9.23 Å². The van der Waals surface area contributed by atoms with Gasteiger partial charge in [0.2, 0.25) is 0 Å². The first kappa shape index (κ1) is 9.78. The van der Waals surface area contributed by atoms with Crippen molar-refractivity contribution in [3.63, 3.8) is 0 Å². The lowest BCUT2D eigenvalue weighted by molar-refractivity contribution is 0.365. The third-order valence-electron chi connectivity index (χ3n) is 2.42. The molecule has 0 atom stereocenters. The highest BCUT2D eigenvalue weighted by Crippen LogP contribution is 2.29. The number of aryl methyl sites for hydroxylation is 1. The van der Waals surface area contributed by atoms with Crippen molar-refractivity contribution in [3.8, 4) is 5.75 Å². The molecule has 0 unspecified atom stereocenters. The predicted octanol–water partition coefficient (Wildman–Crippen LogP) is 3.71. The minimum atomic E-state index is 0.550. The summed E-state index contributed by atoms with van der Waals surface area (Å²) >= 11 is 0. The lowest BCUT2D eigenvalue weighted by Crippen LogP contribution is -1.95. The van der Waals surface area contributed by atoms with Gasteiger partial charge in [0.05, 0.1) is 0 Å². The van der Waals surface area contributed by atoms with Crippen LogP contribution in [0.2, 0.25) is 0 Å². The van der Waals surface area contributed by atoms with Crippen LogP contribution in [-0.4, -0.2) is 6.61 Å². The molecule has 0 aliphatic heterocycles. The molecule has 0 bridgehead atoms. The van der Waals surface area contributed by atoms with Gasteiger partial charge in [-0.25, -0.2) is 0 Å². The fraction of sp³-hybridized carbons (Fsp3) is 0.143. The van der Waals surface area contributed by atoms with Gasteiger partial charge >= 0.3 is 0 Å². The molecule has 0 saturated carbocycles. The Bertz CT molecular complexity index is 486. The second kappa shape index (κ2) is 4.18. The number of fused-ring (bicyclic) bond motifs is 1. The summed E-state index contributed by atoms with van der Waals surface area (Å²) in [5.41, 5.74) is 1.16. The van der Waals surface area contributed by atoms with Gasteiger partial charge in [-0.3, -0.25) is 0 Å². The standard InChI is InChI=1S/C14H14O/c1-3-10-15-14-11(2)8-9-12-6-4-5-7-13(12)14/h3-9H,1,10H2,2H3. The number of ether oxygens (including phenoxy) is 1. The third-order valence-corrected chi connectivity index (χ3v) is 2.42. The molecule has 2 aromatic rings. The molecule has 0 fully saturated rings. The number of benzene rings is 2. The van der Waals surface area contributed by atoms with E-state index in [0.717, 1.165) is 11.3 Å². The van der Waals surface area contributed by atoms with Crippen molar-refractivity contribution in [3.05, 3.63) is 54.6 Å². The zero-order valence-electron chi connectivity index (χ0n) is 8.86. The molecule has 0 radical (unpaired) electrons. The molecule has 0 aromatic heterocycles. The number of rotatable bonds is 3. The summed E-state index contributed by atoms with van der Waals surface area (Å²) in [6, 6.07) is 12.4. The van der Waals surface area contributed by atoms with E-state index >= 15 is 0 Å². The largest absolute Gasteiger partial charge is 0.489 e. The van der Waals surface area contributed by atoms with Gasteiger partial charge in [-0.2, -0.15) is 0 Å². The minimum absolute atomic E-state index is 0.550. The molecule has 0 aliphatic rings. The van der Waals surface area contributed by atoms with E-state index < -0.39 is 0 Å². The molecular weight excluding hydrogens is 184 g/mol. The molecule has 2 rings (SSSR count). The first-order valence-corrected chi connectivity index (χ1v) is 5.05. The van der Waals surface area contributed by atoms with E-state index in [2.05, 4.69) is 37.8 Å². The highest BCUT2D eigenvalue weighted by molar-refractivity contribution is 5.89. The molecule has 0 spiro atoms. The molecule has 0 saturated heterocycles. The maximum atomic E-state index is 5.68. The van der Waals surface area contributed by atoms with Crippen LogP contribution in [0.5, 0.6) is 5.75 Å². The average molecular weight is 198 g/mol. The maximum Gasteiger partial charge on any atom is 0.130 e. The van der Waals surface area contributed by atoms with Crippen LogP contribution in [0.1, 0.15) is 5.56 Å². The fourth-order valence-corrected chi connectivity index (χ4v) is 1.69. The Balaban J connectivity index is 2.57. The Hall–Kier alpha value is -1.76. The molecule has 0 aliphatic carbocycles. The number of hydrogen-bond donors (Lipinski definition) is 0. The smallest absolute Gasteiger partial charge is 0.130 e. The summed E-state index contributed by atoms with van der Waals surface area (Å²) in [7, 11) is 0. The quantitative estimate of drug-likeness (QED) is 0.683. The summed E-state index contributed by atoms with van der Waals surface area (Å²) in [6.07, 6.45) is 1.77. The van der Waals surface area contributed by atoms with Crippen LogP contribution in [-0.2, 0) is 0 Å². The molecule has 0 amide bonds. The van der Waals surface area contributed by atoms with Gasteiger partial charge in [-0.1, -0.05) is 49.1 Å². The second-order valence-electron chi connectivity index (χ2n) is 3.53. The predicted molar refractivity (Wildman–Crippen MR) is 64.4 cm³/mol. The van der Waals surface area contributed by atoms with Crippen LogP contribution in [0, 0.1) is 6.92 Å². The maximum absolute atomic E-state index is 5.68. The first-order chi connectivity index (χ1) is 7.33. The van der Waals surface area contributed by atoms with Crippen LogP contribution in [0.4, 0.5) is 0 Å². The molecule has 0 heterocycles. The van der Waals surface area contributed by atoms with Crippen molar-refractivity contribution in [2.45, 2.75) is 6.92 Å². The monoisotopic (exact) mass is 198 g/mol. The summed E-state index contributed by atoms with van der Waals surface area (Å²) in [6.45, 7) is 6.27. The molecule has 1 nitrogen and oxygen atoms in total. The van der Waals surface area contributed by atoms with Crippen molar-refractivity contribution in [2.75, 3.05) is 6.61 Å². The third kappa shape index (κ3) is 1.86. The zero-order chi connectivity index (χ0) is 10.7. The Morgan fingerprint density at radius 3 is 2.80 bits per heavy atom. The molecule has 76 valence electrons. The second-order valence-corrected chi connectivity index (χ2v) is 3.53. The fourth-order valence-electron chi connectivity index (χ4n) is 1.69. The van der Waals surface area contributed by atoms with Gasteiger partial charge in [0, 0.05) is 5.39 Å². The van der Waals surface area contributed by atoms with Crippen molar-refractivity contribution in [2.24, 2.45) is 0 Å². The molecular formula is C14H14O. The van der Waals surface area contributed by atoms with E-state index in [9.17, 15) is 0 Å². The van der Waals surface area contributed by atoms with E-state index in [4.69, 9.17) is 4.74 Å². The number of hydrogen-bond acceptors (Lipinski definition) is 1. The van der Waals surface area contributed by atoms with Crippen molar-refractivity contribution in [1.82, 2.24) is 0 Å². The van der Waals surface area contributed by atoms with Crippen molar-refractivity contribution < 1.29 is 4.74 Å². The van der Waals surface area contributed by atoms with E-state index in [-0.39, 0.29) is 0 Å². The summed E-state index contributed by atoms with van der Waals surface area (Å²) in [5.74, 6) is 0.966. The van der Waals surface area contributed by atoms with Crippen LogP contribution in [0.3, 0.4) is 0 Å². The summed E-state index contributed by atoms with van der Waals surface area (Å²) < 4.78 is 5.68. The first-order valence-electron chi connectivity index (χ1n) is 5.05. The molecule has 2 aromatic carbocycles. The normalized spacial score (nSPS) is 10.2. The average Bonchev–Trinajstić information content (AvgIpc) is 2.28. The van der Waals surface area contributed by atoms with E-state index in [1.807, 2.05) is 12.1 Å². The molecule has 15 heavy (non-hydrogen) atoms. The van der Waals surface area contributed by atoms with Crippen LogP contribution in [0.25, 0.3) is 10.8 Å². The Labute approximate surface area is 90.0 Å². The Kier molecular flexibility index (Phi) is 2.72. The Morgan fingerprint density at radius 1 is 1.20 bits per heavy atom. The lowest BCUT2D eigenvalue weighted by Gasteiger charge is -2.10. The van der Waals surface area contributed by atoms with Gasteiger partial charge in [-0.15, -0.1) is 0 Å². The summed E-state index contributed by atoms with van der Waals surface area (Å²) in [5, 5.41) is 2.38.